The Hall–Kier alpha value is -3.33. The van der Waals surface area contributed by atoms with Crippen LogP contribution in [0.1, 0.15) is 35.3 Å². The second kappa shape index (κ2) is 8.90. The fourth-order valence-electron chi connectivity index (χ4n) is 4.22. The average molecular weight is 469 g/mol. The SMILES string of the molecule is CC1(C)S[C@@H]2C(NC(=O)Cc3ccccc3C(=O)OCc3ccccc3)C(=O)N2C1C(=O)O. The molecule has 2 saturated heterocycles. The van der Waals surface area contributed by atoms with Gasteiger partial charge in [0, 0.05) is 4.75 Å². The Morgan fingerprint density at radius 2 is 1.76 bits per heavy atom. The van der Waals surface area contributed by atoms with Crippen LogP contribution in [0.25, 0.3) is 0 Å². The van der Waals surface area contributed by atoms with Gasteiger partial charge in [0.05, 0.1) is 12.0 Å². The molecule has 2 N–H and O–H groups in total. The van der Waals surface area contributed by atoms with Crippen LogP contribution in [0.15, 0.2) is 54.6 Å². The van der Waals surface area contributed by atoms with Crippen molar-refractivity contribution in [3.05, 3.63) is 71.3 Å². The molecule has 2 amide bonds. The first kappa shape index (κ1) is 22.8. The number of rotatable bonds is 7. The van der Waals surface area contributed by atoms with Gasteiger partial charge in [0.15, 0.2) is 0 Å². The summed E-state index contributed by atoms with van der Waals surface area (Å²) in [7, 11) is 0. The number of esters is 1. The van der Waals surface area contributed by atoms with Crippen LogP contribution in [0.3, 0.4) is 0 Å². The van der Waals surface area contributed by atoms with E-state index in [0.29, 0.717) is 5.56 Å². The average Bonchev–Trinajstić information content (AvgIpc) is 3.05. The summed E-state index contributed by atoms with van der Waals surface area (Å²) in [5.74, 6) is -2.43. The summed E-state index contributed by atoms with van der Waals surface area (Å²) in [6, 6.07) is 14.2. The van der Waals surface area contributed by atoms with Crippen molar-refractivity contribution in [2.75, 3.05) is 0 Å². The van der Waals surface area contributed by atoms with Crippen LogP contribution < -0.4 is 5.32 Å². The van der Waals surface area contributed by atoms with Gasteiger partial charge in [-0.3, -0.25) is 9.59 Å². The number of carbonyl (C=O) groups excluding carboxylic acids is 3. The van der Waals surface area contributed by atoms with E-state index in [9.17, 15) is 24.3 Å². The number of carbonyl (C=O) groups is 4. The van der Waals surface area contributed by atoms with E-state index in [-0.39, 0.29) is 18.6 Å². The zero-order valence-electron chi connectivity index (χ0n) is 18.2. The van der Waals surface area contributed by atoms with Gasteiger partial charge in [-0.2, -0.15) is 0 Å². The highest BCUT2D eigenvalue weighted by Gasteiger charge is 2.64. The Labute approximate surface area is 195 Å². The molecule has 0 aliphatic carbocycles. The Bertz CT molecular complexity index is 1100. The summed E-state index contributed by atoms with van der Waals surface area (Å²) < 4.78 is 4.72. The first-order chi connectivity index (χ1) is 15.7. The van der Waals surface area contributed by atoms with Crippen LogP contribution in [0.2, 0.25) is 0 Å². The smallest absolute Gasteiger partial charge is 0.338 e. The van der Waals surface area contributed by atoms with Crippen molar-refractivity contribution in [2.24, 2.45) is 0 Å². The standard InChI is InChI=1S/C24H24N2O6S/c1-24(2)19(22(29)30)26-20(28)18(21(26)33-24)25-17(27)12-15-10-6-7-11-16(15)23(31)32-13-14-8-4-3-5-9-14/h3-11,18-19,21H,12-13H2,1-2H3,(H,25,27)(H,29,30)/t18?,19?,21-/m1/s1. The molecule has 8 nitrogen and oxygen atoms in total. The first-order valence-corrected chi connectivity index (χ1v) is 11.4. The van der Waals surface area contributed by atoms with Crippen molar-refractivity contribution >= 4 is 35.5 Å². The lowest BCUT2D eigenvalue weighted by Gasteiger charge is -2.43. The number of carboxylic acid groups (broad SMARTS) is 1. The minimum atomic E-state index is -1.06. The van der Waals surface area contributed by atoms with Gasteiger partial charge >= 0.3 is 11.9 Å². The molecule has 2 unspecified atom stereocenters. The number of aliphatic carboxylic acids is 1. The quantitative estimate of drug-likeness (QED) is 0.473. The highest BCUT2D eigenvalue weighted by Crippen LogP contribution is 2.50. The topological polar surface area (TPSA) is 113 Å². The van der Waals surface area contributed by atoms with E-state index in [1.807, 2.05) is 30.3 Å². The summed E-state index contributed by atoms with van der Waals surface area (Å²) in [4.78, 5) is 50.9. The molecule has 2 heterocycles. The van der Waals surface area contributed by atoms with Crippen molar-refractivity contribution in [3.63, 3.8) is 0 Å². The minimum absolute atomic E-state index is 0.108. The lowest BCUT2D eigenvalue weighted by atomic mass is 9.96. The number of ether oxygens (including phenoxy) is 1. The Morgan fingerprint density at radius 3 is 2.45 bits per heavy atom. The third-order valence-electron chi connectivity index (χ3n) is 5.79. The molecule has 3 atom stereocenters. The molecule has 2 aromatic rings. The molecule has 0 aromatic heterocycles. The summed E-state index contributed by atoms with van der Waals surface area (Å²) in [5.41, 5.74) is 1.62. The number of nitrogens with zero attached hydrogens (tertiary/aromatic N) is 1. The Morgan fingerprint density at radius 1 is 1.09 bits per heavy atom. The number of hydrogen-bond donors (Lipinski definition) is 2. The zero-order valence-corrected chi connectivity index (χ0v) is 19.0. The number of amides is 2. The van der Waals surface area contributed by atoms with E-state index in [4.69, 9.17) is 4.74 Å². The van der Waals surface area contributed by atoms with E-state index in [1.165, 1.54) is 16.7 Å². The maximum atomic E-state index is 12.7. The molecule has 2 aliphatic heterocycles. The van der Waals surface area contributed by atoms with Crippen molar-refractivity contribution in [1.82, 2.24) is 10.2 Å². The molecule has 0 bridgehead atoms. The number of carboxylic acids is 1. The van der Waals surface area contributed by atoms with Gasteiger partial charge in [-0.1, -0.05) is 48.5 Å². The van der Waals surface area contributed by atoms with Crippen LogP contribution in [0.5, 0.6) is 0 Å². The van der Waals surface area contributed by atoms with E-state index >= 15 is 0 Å². The fourth-order valence-corrected chi connectivity index (χ4v) is 5.84. The molecule has 172 valence electrons. The number of nitrogens with one attached hydrogen (secondary N) is 1. The molecule has 0 spiro atoms. The van der Waals surface area contributed by atoms with Crippen molar-refractivity contribution < 1.29 is 29.0 Å². The minimum Gasteiger partial charge on any atom is -0.480 e. The number of hydrogen-bond acceptors (Lipinski definition) is 6. The molecule has 0 radical (unpaired) electrons. The Kier molecular flexibility index (Phi) is 6.16. The molecule has 9 heteroatoms. The molecule has 2 fully saturated rings. The van der Waals surface area contributed by atoms with E-state index < -0.39 is 46.0 Å². The van der Waals surface area contributed by atoms with Crippen molar-refractivity contribution in [2.45, 2.75) is 49.1 Å². The highest BCUT2D eigenvalue weighted by atomic mass is 32.2. The summed E-state index contributed by atoms with van der Waals surface area (Å²) in [6.45, 7) is 3.67. The predicted molar refractivity (Wildman–Crippen MR) is 121 cm³/mol. The molecule has 33 heavy (non-hydrogen) atoms. The van der Waals surface area contributed by atoms with E-state index in [1.54, 1.807) is 38.1 Å². The van der Waals surface area contributed by atoms with Crippen LogP contribution >= 0.6 is 11.8 Å². The Balaban J connectivity index is 1.39. The summed E-state index contributed by atoms with van der Waals surface area (Å²) in [5, 5.41) is 11.8. The molecule has 2 aromatic carbocycles. The van der Waals surface area contributed by atoms with Crippen molar-refractivity contribution in [3.8, 4) is 0 Å². The van der Waals surface area contributed by atoms with Crippen LogP contribution in [0.4, 0.5) is 0 Å². The maximum absolute atomic E-state index is 12.7. The summed E-state index contributed by atoms with van der Waals surface area (Å²) in [6.07, 6.45) is -0.108. The fraction of sp³-hybridized carbons (Fsp3) is 0.333. The monoisotopic (exact) mass is 468 g/mol. The third-order valence-corrected chi connectivity index (χ3v) is 7.36. The molecule has 2 aliphatic rings. The van der Waals surface area contributed by atoms with Gasteiger partial charge in [-0.25, -0.2) is 9.59 Å². The molecule has 0 saturated carbocycles. The maximum Gasteiger partial charge on any atom is 0.338 e. The zero-order chi connectivity index (χ0) is 23.8. The normalized spacial score (nSPS) is 22.8. The number of thioether (sulfide) groups is 1. The number of β-lactam (4-membered cyclic amide) rings is 1. The summed E-state index contributed by atoms with van der Waals surface area (Å²) >= 11 is 1.36. The highest BCUT2D eigenvalue weighted by molar-refractivity contribution is 8.01. The predicted octanol–water partition coefficient (Wildman–Crippen LogP) is 2.22. The first-order valence-electron chi connectivity index (χ1n) is 10.5. The second-order valence-corrected chi connectivity index (χ2v) is 10.3. The van der Waals surface area contributed by atoms with Gasteiger partial charge < -0.3 is 20.1 Å². The van der Waals surface area contributed by atoms with E-state index in [2.05, 4.69) is 5.32 Å². The van der Waals surface area contributed by atoms with E-state index in [0.717, 1.165) is 5.56 Å². The van der Waals surface area contributed by atoms with Crippen LogP contribution in [-0.2, 0) is 32.1 Å². The van der Waals surface area contributed by atoms with Gasteiger partial charge in [0.2, 0.25) is 11.8 Å². The third kappa shape index (κ3) is 4.45. The van der Waals surface area contributed by atoms with Crippen LogP contribution in [0, 0.1) is 0 Å². The molecule has 4 rings (SSSR count). The number of benzene rings is 2. The lowest BCUT2D eigenvalue weighted by molar-refractivity contribution is -0.161. The van der Waals surface area contributed by atoms with Gasteiger partial charge in [-0.05, 0) is 31.0 Å². The molecular weight excluding hydrogens is 444 g/mol. The van der Waals surface area contributed by atoms with Gasteiger partial charge in [0.1, 0.15) is 24.1 Å². The second-order valence-electron chi connectivity index (χ2n) is 8.54. The van der Waals surface area contributed by atoms with Gasteiger partial charge in [0.25, 0.3) is 0 Å². The van der Waals surface area contributed by atoms with Crippen molar-refractivity contribution in [1.29, 1.82) is 0 Å². The lowest BCUT2D eigenvalue weighted by Crippen LogP contribution is -2.70. The van der Waals surface area contributed by atoms with Gasteiger partial charge in [-0.15, -0.1) is 11.8 Å². The number of fused-ring (bicyclic) bond motifs is 1. The van der Waals surface area contributed by atoms with Crippen LogP contribution in [-0.4, -0.2) is 56.0 Å². The molecular formula is C24H24N2O6S. The largest absolute Gasteiger partial charge is 0.480 e.